The number of rotatable bonds is 15. The van der Waals surface area contributed by atoms with Gasteiger partial charge in [-0.2, -0.15) is 25.3 Å². The summed E-state index contributed by atoms with van der Waals surface area (Å²) in [7, 11) is -1.76. The normalized spacial score (nSPS) is 11.6. The molecular formula is C41H43BN2S2Si. The van der Waals surface area contributed by atoms with Crippen molar-refractivity contribution >= 4 is 61.9 Å². The minimum atomic E-state index is -2.58. The van der Waals surface area contributed by atoms with Gasteiger partial charge in [-0.05, 0) is 80.8 Å². The molecule has 0 N–H and O–H groups in total. The second-order valence-corrected chi connectivity index (χ2v) is 17.1. The van der Waals surface area contributed by atoms with Crippen molar-refractivity contribution in [3.05, 3.63) is 174 Å². The first kappa shape index (κ1) is 33.2. The van der Waals surface area contributed by atoms with Gasteiger partial charge in [-0.1, -0.05) is 140 Å². The minimum absolute atomic E-state index is 0.212. The van der Waals surface area contributed by atoms with Gasteiger partial charge in [-0.15, -0.1) is 0 Å². The molecular weight excluding hydrogens is 623 g/mol. The number of benzene rings is 5. The Morgan fingerprint density at radius 1 is 0.574 bits per heavy atom. The first-order valence-electron chi connectivity index (χ1n) is 16.8. The van der Waals surface area contributed by atoms with E-state index in [1.165, 1.54) is 37.8 Å². The van der Waals surface area contributed by atoms with Crippen molar-refractivity contribution in [2.24, 2.45) is 0 Å². The van der Waals surface area contributed by atoms with E-state index < -0.39 is 8.07 Å². The molecule has 47 heavy (non-hydrogen) atoms. The van der Waals surface area contributed by atoms with Crippen molar-refractivity contribution in [1.82, 2.24) is 9.55 Å². The highest BCUT2D eigenvalue weighted by atomic mass is 32.1. The molecule has 0 atom stereocenters. The number of nitrogens with zero attached hydrogens (tertiary/aromatic N) is 2. The summed E-state index contributed by atoms with van der Waals surface area (Å²) in [6, 6.07) is 52.0. The van der Waals surface area contributed by atoms with Gasteiger partial charge in [0, 0.05) is 18.6 Å². The van der Waals surface area contributed by atoms with E-state index in [1.54, 1.807) is 0 Å². The van der Waals surface area contributed by atoms with Crippen LogP contribution in [-0.2, 0) is 19.0 Å². The topological polar surface area (TPSA) is 17.8 Å². The van der Waals surface area contributed by atoms with E-state index in [2.05, 4.69) is 176 Å². The third kappa shape index (κ3) is 7.89. The predicted molar refractivity (Wildman–Crippen MR) is 212 cm³/mol. The number of aromatic nitrogens is 2. The Hall–Kier alpha value is -3.71. The summed E-state index contributed by atoms with van der Waals surface area (Å²) < 4.78 is 2.46. The molecule has 0 aliphatic rings. The van der Waals surface area contributed by atoms with E-state index in [0.29, 0.717) is 0 Å². The Morgan fingerprint density at radius 2 is 1.02 bits per heavy atom. The second-order valence-electron chi connectivity index (χ2n) is 12.4. The van der Waals surface area contributed by atoms with Gasteiger partial charge in [0.25, 0.3) is 0 Å². The van der Waals surface area contributed by atoms with E-state index in [1.807, 2.05) is 6.20 Å². The van der Waals surface area contributed by atoms with Crippen molar-refractivity contribution in [2.75, 3.05) is 11.5 Å². The first-order chi connectivity index (χ1) is 23.2. The minimum Gasteiger partial charge on any atom is -0.345 e. The standard InChI is InChI=1S/C41H43BN2S2Si/c45-30-10-12-33-20-24-38(25-21-33)47(37-18-8-3-9-19-37,39-26-22-34(23-27-39)13-11-31-46)32-44-29-28-43-41(44)42-40(35-14-4-1-5-15-35)36-16-6-2-7-17-36/h1-9,14-29,40,42,45-46H,10-13,30-32H2. The van der Waals surface area contributed by atoms with Crippen LogP contribution in [0.4, 0.5) is 0 Å². The molecule has 0 saturated heterocycles. The van der Waals surface area contributed by atoms with Crippen LogP contribution in [0.25, 0.3) is 0 Å². The van der Waals surface area contributed by atoms with E-state index >= 15 is 0 Å². The molecule has 236 valence electrons. The Balaban J connectivity index is 1.47. The van der Waals surface area contributed by atoms with E-state index in [4.69, 9.17) is 4.98 Å². The number of aryl methyl sites for hydroxylation is 2. The molecule has 6 heteroatoms. The maximum atomic E-state index is 5.04. The maximum Gasteiger partial charge on any atom is 0.217 e. The Labute approximate surface area is 293 Å². The van der Waals surface area contributed by atoms with Gasteiger partial charge < -0.3 is 4.57 Å². The average molecular weight is 667 g/mol. The van der Waals surface area contributed by atoms with Crippen LogP contribution in [0.5, 0.6) is 0 Å². The second kappa shape index (κ2) is 16.4. The molecule has 0 radical (unpaired) electrons. The van der Waals surface area contributed by atoms with Crippen molar-refractivity contribution in [2.45, 2.75) is 37.7 Å². The summed E-state index contributed by atoms with van der Waals surface area (Å²) in [5.41, 5.74) is 6.49. The van der Waals surface area contributed by atoms with Crippen molar-refractivity contribution in [3.8, 4) is 0 Å². The SMILES string of the molecule is SCCCc1ccc([Si](Cn2ccnc2BC(c2ccccc2)c2ccccc2)(c2ccccc2)c2ccc(CCCS)cc2)cc1. The molecule has 0 fully saturated rings. The Bertz CT molecular complexity index is 1700. The van der Waals surface area contributed by atoms with Crippen LogP contribution in [0.1, 0.15) is 40.9 Å². The zero-order valence-corrected chi connectivity index (χ0v) is 29.7. The van der Waals surface area contributed by atoms with Crippen molar-refractivity contribution in [3.63, 3.8) is 0 Å². The zero-order valence-electron chi connectivity index (χ0n) is 27.0. The van der Waals surface area contributed by atoms with Crippen LogP contribution >= 0.6 is 25.3 Å². The van der Waals surface area contributed by atoms with Gasteiger partial charge in [0.2, 0.25) is 7.28 Å². The van der Waals surface area contributed by atoms with Crippen LogP contribution < -0.4 is 21.3 Å². The number of hydrogen-bond acceptors (Lipinski definition) is 3. The third-order valence-corrected chi connectivity index (χ3v) is 14.8. The summed E-state index contributed by atoms with van der Waals surface area (Å²) in [5, 5.41) is 4.25. The molecule has 6 aromatic rings. The summed E-state index contributed by atoms with van der Waals surface area (Å²) >= 11 is 8.93. The molecule has 6 rings (SSSR count). The molecule has 2 nitrogen and oxygen atoms in total. The number of thiol groups is 2. The molecule has 0 aliphatic carbocycles. The molecule has 0 spiro atoms. The molecule has 5 aromatic carbocycles. The van der Waals surface area contributed by atoms with E-state index in [-0.39, 0.29) is 5.82 Å². The van der Waals surface area contributed by atoms with Gasteiger partial charge in [-0.3, -0.25) is 4.98 Å². The smallest absolute Gasteiger partial charge is 0.217 e. The average Bonchev–Trinajstić information content (AvgIpc) is 3.59. The van der Waals surface area contributed by atoms with Gasteiger partial charge in [0.15, 0.2) is 8.07 Å². The number of imidazole rings is 1. The lowest BCUT2D eigenvalue weighted by Gasteiger charge is -2.35. The van der Waals surface area contributed by atoms with Crippen LogP contribution in [0.3, 0.4) is 0 Å². The third-order valence-electron chi connectivity index (χ3n) is 9.41. The molecule has 0 amide bonds. The van der Waals surface area contributed by atoms with Gasteiger partial charge in [0.1, 0.15) is 0 Å². The van der Waals surface area contributed by atoms with E-state index in [0.717, 1.165) is 56.4 Å². The fourth-order valence-corrected chi connectivity index (χ4v) is 11.8. The molecule has 1 aromatic heterocycles. The first-order valence-corrected chi connectivity index (χ1v) is 20.2. The lowest BCUT2D eigenvalue weighted by Crippen LogP contribution is -2.70. The van der Waals surface area contributed by atoms with Crippen LogP contribution in [0.2, 0.25) is 0 Å². The van der Waals surface area contributed by atoms with Crippen LogP contribution in [0.15, 0.2) is 152 Å². The molecule has 0 saturated carbocycles. The maximum absolute atomic E-state index is 5.04. The lowest BCUT2D eigenvalue weighted by molar-refractivity contribution is 0.889. The van der Waals surface area contributed by atoms with E-state index in [9.17, 15) is 0 Å². The van der Waals surface area contributed by atoms with Crippen LogP contribution in [-0.4, -0.2) is 36.4 Å². The van der Waals surface area contributed by atoms with Gasteiger partial charge >= 0.3 is 0 Å². The van der Waals surface area contributed by atoms with Crippen molar-refractivity contribution in [1.29, 1.82) is 0 Å². The summed E-state index contributed by atoms with van der Waals surface area (Å²) in [6.45, 7) is 0. The fourth-order valence-electron chi connectivity index (χ4n) is 6.89. The highest BCUT2D eigenvalue weighted by molar-refractivity contribution is 7.80. The fraction of sp³-hybridized carbons (Fsp3) is 0.195. The van der Waals surface area contributed by atoms with Crippen molar-refractivity contribution < 1.29 is 0 Å². The lowest BCUT2D eigenvalue weighted by atomic mass is 9.58. The molecule has 0 aliphatic heterocycles. The summed E-state index contributed by atoms with van der Waals surface area (Å²) in [4.78, 5) is 5.04. The Kier molecular flexibility index (Phi) is 11.6. The monoisotopic (exact) mass is 666 g/mol. The predicted octanol–water partition coefficient (Wildman–Crippen LogP) is 6.17. The Morgan fingerprint density at radius 3 is 1.49 bits per heavy atom. The largest absolute Gasteiger partial charge is 0.345 e. The molecule has 0 unspecified atom stereocenters. The van der Waals surface area contributed by atoms with Gasteiger partial charge in [-0.25, -0.2) is 0 Å². The quantitative estimate of drug-likeness (QED) is 0.0763. The van der Waals surface area contributed by atoms with Gasteiger partial charge in [0.05, 0.1) is 5.72 Å². The highest BCUT2D eigenvalue weighted by Gasteiger charge is 2.40. The zero-order chi connectivity index (χ0) is 32.3. The highest BCUT2D eigenvalue weighted by Crippen LogP contribution is 2.23. The molecule has 1 heterocycles. The summed E-state index contributed by atoms with van der Waals surface area (Å²) in [6.07, 6.45) is 9.34. The van der Waals surface area contributed by atoms with Crippen LogP contribution in [0, 0.1) is 0 Å². The molecule has 0 bridgehead atoms. The number of hydrogen-bond donors (Lipinski definition) is 2. The summed E-state index contributed by atoms with van der Waals surface area (Å²) in [5.74, 6) is 2.02.